The van der Waals surface area contributed by atoms with Crippen molar-refractivity contribution in [3.8, 4) is 5.75 Å². The molecule has 8 heteroatoms. The van der Waals surface area contributed by atoms with Crippen molar-refractivity contribution in [2.45, 2.75) is 70.6 Å². The van der Waals surface area contributed by atoms with E-state index in [1.165, 1.54) is 23.8 Å². The van der Waals surface area contributed by atoms with Gasteiger partial charge >= 0.3 is 10.1 Å². The van der Waals surface area contributed by atoms with Crippen LogP contribution in [0.1, 0.15) is 70.4 Å². The average Bonchev–Trinajstić information content (AvgIpc) is 2.96. The van der Waals surface area contributed by atoms with Gasteiger partial charge in [-0.3, -0.25) is 9.59 Å². The largest absolute Gasteiger partial charge is 0.377 e. The number of carbonyl (C=O) groups is 2. The number of carbonyl (C=O) groups excluding carboxylic acids is 2. The lowest BCUT2D eigenvalue weighted by molar-refractivity contribution is -0.119. The Kier molecular flexibility index (Phi) is 8.07. The number of hydrogen-bond donors (Lipinski definition) is 0. The Morgan fingerprint density at radius 1 is 0.778 bits per heavy atom. The Morgan fingerprint density at radius 2 is 1.31 bits per heavy atom. The predicted molar refractivity (Wildman–Crippen MR) is 175 cm³/mol. The summed E-state index contributed by atoms with van der Waals surface area (Å²) >= 11 is 6.70. The standard InChI is InChI=1S/C37H38ClNO5S/c1-36(2)20-28-34(30(40)22-36)33(25-15-16-32(27(38)19-25)44-45(42,43)26-13-9-6-10-14-26)35-29(21-37(3,4)23-31(35)41)39(28)18-17-24-11-7-5-8-12-24/h5-16,19,33H,17-18,20-23H2,1-4H3. The molecule has 0 bridgehead atoms. The number of ketones is 2. The van der Waals surface area contributed by atoms with E-state index in [1.54, 1.807) is 30.3 Å². The van der Waals surface area contributed by atoms with E-state index in [0.717, 1.165) is 17.8 Å². The maximum Gasteiger partial charge on any atom is 0.339 e. The molecular weight excluding hydrogens is 606 g/mol. The van der Waals surface area contributed by atoms with Crippen molar-refractivity contribution in [3.05, 3.63) is 118 Å². The van der Waals surface area contributed by atoms with E-state index in [0.29, 0.717) is 48.9 Å². The second-order valence-electron chi connectivity index (χ2n) is 14.0. The zero-order valence-corrected chi connectivity index (χ0v) is 27.7. The second-order valence-corrected chi connectivity index (χ2v) is 15.9. The van der Waals surface area contributed by atoms with Crippen LogP contribution >= 0.6 is 11.6 Å². The third kappa shape index (κ3) is 6.25. The smallest absolute Gasteiger partial charge is 0.339 e. The molecule has 6 nitrogen and oxygen atoms in total. The summed E-state index contributed by atoms with van der Waals surface area (Å²) in [6.45, 7) is 9.14. The molecule has 0 N–H and O–H groups in total. The summed E-state index contributed by atoms with van der Waals surface area (Å²) in [6.07, 6.45) is 2.93. The minimum absolute atomic E-state index is 0.0137. The van der Waals surface area contributed by atoms with E-state index in [-0.39, 0.29) is 38.1 Å². The van der Waals surface area contributed by atoms with Crippen LogP contribution in [0.3, 0.4) is 0 Å². The Balaban J connectivity index is 1.46. The van der Waals surface area contributed by atoms with Crippen LogP contribution < -0.4 is 4.18 Å². The Hall–Kier alpha value is -3.68. The predicted octanol–water partition coefficient (Wildman–Crippen LogP) is 8.04. The lowest BCUT2D eigenvalue weighted by Gasteiger charge is -2.49. The molecule has 45 heavy (non-hydrogen) atoms. The molecule has 0 aromatic heterocycles. The summed E-state index contributed by atoms with van der Waals surface area (Å²) in [6, 6.07) is 23.0. The Morgan fingerprint density at radius 3 is 1.84 bits per heavy atom. The minimum Gasteiger partial charge on any atom is -0.377 e. The number of benzene rings is 3. The van der Waals surface area contributed by atoms with Crippen molar-refractivity contribution in [1.82, 2.24) is 4.90 Å². The number of Topliss-reactive ketones (excluding diaryl/α,β-unsaturated/α-hetero) is 2. The van der Waals surface area contributed by atoms with Gasteiger partial charge in [0.05, 0.1) is 5.02 Å². The van der Waals surface area contributed by atoms with Gasteiger partial charge < -0.3 is 9.08 Å². The molecule has 3 aromatic rings. The summed E-state index contributed by atoms with van der Waals surface area (Å²) in [5, 5.41) is 0.0926. The molecule has 0 spiro atoms. The third-order valence-electron chi connectivity index (χ3n) is 9.01. The highest BCUT2D eigenvalue weighted by Gasteiger charge is 2.49. The van der Waals surface area contributed by atoms with Crippen LogP contribution in [0.4, 0.5) is 0 Å². The number of nitrogens with zero attached hydrogens (tertiary/aromatic N) is 1. The van der Waals surface area contributed by atoms with Crippen LogP contribution in [0.15, 0.2) is 106 Å². The van der Waals surface area contributed by atoms with Crippen LogP contribution in [0.25, 0.3) is 0 Å². The zero-order valence-electron chi connectivity index (χ0n) is 26.1. The molecular formula is C37H38ClNO5S. The summed E-state index contributed by atoms with van der Waals surface area (Å²) in [5.74, 6) is -0.542. The van der Waals surface area contributed by atoms with E-state index in [4.69, 9.17) is 15.8 Å². The molecule has 0 saturated carbocycles. The quantitative estimate of drug-likeness (QED) is 0.243. The SMILES string of the molecule is CC1(C)CC(=O)C2=C(C1)N(CCc1ccccc1)C1=C(C(=O)CC(C)(C)C1)C2c1ccc(OS(=O)(=O)c2ccccc2)c(Cl)c1. The molecule has 1 heterocycles. The van der Waals surface area contributed by atoms with E-state index >= 15 is 0 Å². The molecule has 2 aliphatic carbocycles. The van der Waals surface area contributed by atoms with E-state index < -0.39 is 16.0 Å². The molecule has 3 aliphatic rings. The van der Waals surface area contributed by atoms with Gasteiger partial charge in [-0.2, -0.15) is 8.42 Å². The minimum atomic E-state index is -4.11. The molecule has 0 fully saturated rings. The van der Waals surface area contributed by atoms with Crippen LogP contribution in [-0.4, -0.2) is 31.4 Å². The number of rotatable bonds is 7. The van der Waals surface area contributed by atoms with Gasteiger partial charge in [-0.05, 0) is 65.5 Å². The van der Waals surface area contributed by atoms with Crippen LogP contribution in [-0.2, 0) is 26.1 Å². The summed E-state index contributed by atoms with van der Waals surface area (Å²) in [4.78, 5) is 30.5. The van der Waals surface area contributed by atoms with Gasteiger partial charge in [-0.15, -0.1) is 0 Å². The molecule has 0 radical (unpaired) electrons. The van der Waals surface area contributed by atoms with Crippen molar-refractivity contribution in [2.75, 3.05) is 6.54 Å². The number of halogens is 1. The lowest BCUT2D eigenvalue weighted by atomic mass is 9.63. The van der Waals surface area contributed by atoms with Gasteiger partial charge in [0.2, 0.25) is 0 Å². The molecule has 0 atom stereocenters. The van der Waals surface area contributed by atoms with Gasteiger partial charge in [0.25, 0.3) is 0 Å². The molecule has 0 unspecified atom stereocenters. The van der Waals surface area contributed by atoms with Crippen molar-refractivity contribution in [3.63, 3.8) is 0 Å². The molecule has 0 amide bonds. The Bertz CT molecular complexity index is 1790. The molecule has 1 aliphatic heterocycles. The van der Waals surface area contributed by atoms with E-state index in [2.05, 4.69) is 44.7 Å². The summed E-state index contributed by atoms with van der Waals surface area (Å²) in [7, 11) is -4.11. The van der Waals surface area contributed by atoms with Crippen LogP contribution in [0.2, 0.25) is 5.02 Å². The first-order valence-corrected chi connectivity index (χ1v) is 17.2. The monoisotopic (exact) mass is 643 g/mol. The summed E-state index contributed by atoms with van der Waals surface area (Å²) in [5.41, 5.74) is 4.64. The van der Waals surface area contributed by atoms with Crippen molar-refractivity contribution in [2.24, 2.45) is 10.8 Å². The van der Waals surface area contributed by atoms with E-state index in [9.17, 15) is 18.0 Å². The van der Waals surface area contributed by atoms with Gasteiger partial charge in [-0.1, -0.05) is 93.9 Å². The Labute approximate surface area is 270 Å². The van der Waals surface area contributed by atoms with Crippen molar-refractivity contribution < 1.29 is 22.2 Å². The molecule has 3 aromatic carbocycles. The van der Waals surface area contributed by atoms with Crippen molar-refractivity contribution >= 4 is 33.3 Å². The van der Waals surface area contributed by atoms with Crippen LogP contribution in [0, 0.1) is 10.8 Å². The normalized spacial score (nSPS) is 19.8. The van der Waals surface area contributed by atoms with Crippen molar-refractivity contribution in [1.29, 1.82) is 0 Å². The highest BCUT2D eigenvalue weighted by molar-refractivity contribution is 7.87. The first-order chi connectivity index (χ1) is 21.2. The van der Waals surface area contributed by atoms with Gasteiger partial charge in [0.15, 0.2) is 17.3 Å². The van der Waals surface area contributed by atoms with Gasteiger partial charge in [0.1, 0.15) is 4.90 Å². The zero-order chi connectivity index (χ0) is 32.1. The lowest BCUT2D eigenvalue weighted by Crippen LogP contribution is -2.45. The maximum absolute atomic E-state index is 14.1. The highest BCUT2D eigenvalue weighted by Crippen LogP contribution is 2.54. The third-order valence-corrected chi connectivity index (χ3v) is 10.6. The highest BCUT2D eigenvalue weighted by atomic mass is 35.5. The average molecular weight is 644 g/mol. The number of allylic oxidation sites excluding steroid dienone is 4. The fourth-order valence-corrected chi connectivity index (χ4v) is 8.30. The summed E-state index contributed by atoms with van der Waals surface area (Å²) < 4.78 is 31.3. The first kappa shape index (κ1) is 31.3. The van der Waals surface area contributed by atoms with Crippen LogP contribution in [0.5, 0.6) is 5.75 Å². The maximum atomic E-state index is 14.1. The second kappa shape index (κ2) is 11.6. The van der Waals surface area contributed by atoms with Gasteiger partial charge in [-0.25, -0.2) is 0 Å². The molecule has 6 rings (SSSR count). The first-order valence-electron chi connectivity index (χ1n) is 15.4. The fraction of sp³-hybridized carbons (Fsp3) is 0.351. The fourth-order valence-electron chi connectivity index (χ4n) is 7.05. The molecule has 234 valence electrons. The van der Waals surface area contributed by atoms with Gasteiger partial charge in [0, 0.05) is 47.8 Å². The molecule has 0 saturated heterocycles. The van der Waals surface area contributed by atoms with E-state index in [1.807, 2.05) is 18.2 Å². The topological polar surface area (TPSA) is 80.8 Å². The number of hydrogen-bond acceptors (Lipinski definition) is 6.